The number of carbonyl (C=O) groups excluding carboxylic acids is 2. The van der Waals surface area contributed by atoms with Gasteiger partial charge < -0.3 is 4.74 Å². The lowest BCUT2D eigenvalue weighted by molar-refractivity contribution is -0.131. The normalized spacial score (nSPS) is 9.57. The highest BCUT2D eigenvalue weighted by atomic mass is 35.5. The zero-order chi connectivity index (χ0) is 10.6. The van der Waals surface area contributed by atoms with Crippen LogP contribution < -0.4 is 4.74 Å². The third-order valence-electron chi connectivity index (χ3n) is 1.28. The quantitative estimate of drug-likeness (QED) is 0.339. The number of rotatable bonds is 2. The van der Waals surface area contributed by atoms with Crippen molar-refractivity contribution in [3.63, 3.8) is 0 Å². The minimum Gasteiger partial charge on any atom is -0.427 e. The fourth-order valence-corrected chi connectivity index (χ4v) is 1.56. The highest BCUT2D eigenvalue weighted by Gasteiger charge is 2.01. The van der Waals surface area contributed by atoms with E-state index in [4.69, 9.17) is 16.3 Å². The first-order valence-corrected chi connectivity index (χ1v) is 4.93. The Bertz CT molecular complexity index is 313. The van der Waals surface area contributed by atoms with Gasteiger partial charge in [0, 0.05) is 11.8 Å². The van der Waals surface area contributed by atoms with E-state index in [9.17, 15) is 9.59 Å². The van der Waals surface area contributed by atoms with E-state index >= 15 is 0 Å². The highest BCUT2D eigenvalue weighted by molar-refractivity contribution is 8.16. The van der Waals surface area contributed by atoms with Crippen molar-refractivity contribution in [2.75, 3.05) is 0 Å². The first kappa shape index (κ1) is 11.1. The Hall–Kier alpha value is -1.00. The number of esters is 1. The van der Waals surface area contributed by atoms with Crippen molar-refractivity contribution in [2.24, 2.45) is 0 Å². The summed E-state index contributed by atoms with van der Waals surface area (Å²) in [7, 11) is 0. The Morgan fingerprint density at radius 1 is 1.29 bits per heavy atom. The smallest absolute Gasteiger partial charge is 0.308 e. The molecular formula is C9H7ClO3S. The molecule has 0 saturated heterocycles. The van der Waals surface area contributed by atoms with Crippen molar-refractivity contribution in [2.45, 2.75) is 11.8 Å². The van der Waals surface area contributed by atoms with Crippen molar-refractivity contribution in [1.82, 2.24) is 0 Å². The van der Waals surface area contributed by atoms with Crippen LogP contribution in [0.2, 0.25) is 0 Å². The predicted molar refractivity (Wildman–Crippen MR) is 54.9 cm³/mol. The first-order valence-electron chi connectivity index (χ1n) is 3.74. The van der Waals surface area contributed by atoms with Gasteiger partial charge in [-0.15, -0.1) is 0 Å². The molecule has 0 fully saturated rings. The van der Waals surface area contributed by atoms with Crippen LogP contribution in [0.25, 0.3) is 0 Å². The van der Waals surface area contributed by atoms with Crippen LogP contribution in [0.4, 0.5) is 4.79 Å². The molecule has 0 unspecified atom stereocenters. The van der Waals surface area contributed by atoms with Crippen LogP contribution in [0.5, 0.6) is 5.75 Å². The molecule has 74 valence electrons. The van der Waals surface area contributed by atoms with Gasteiger partial charge in [0.2, 0.25) is 0 Å². The largest absolute Gasteiger partial charge is 0.427 e. The Kier molecular flexibility index (Phi) is 3.98. The van der Waals surface area contributed by atoms with Crippen LogP contribution >= 0.6 is 23.4 Å². The molecular weight excluding hydrogens is 224 g/mol. The molecule has 0 aliphatic heterocycles. The molecule has 3 nitrogen and oxygen atoms in total. The van der Waals surface area contributed by atoms with Crippen molar-refractivity contribution in [3.8, 4) is 5.75 Å². The van der Waals surface area contributed by atoms with E-state index in [1.807, 2.05) is 0 Å². The van der Waals surface area contributed by atoms with Crippen LogP contribution in [0.3, 0.4) is 0 Å². The standard InChI is InChI=1S/C9H7ClO3S/c1-6(11)13-7-2-4-8(5-3-7)14-9(10)12/h2-5H,1H3. The van der Waals surface area contributed by atoms with Crippen LogP contribution in [-0.4, -0.2) is 10.5 Å². The minimum atomic E-state index is -0.495. The van der Waals surface area contributed by atoms with E-state index in [0.29, 0.717) is 10.6 Å². The predicted octanol–water partition coefficient (Wildman–Crippen LogP) is 3.06. The summed E-state index contributed by atoms with van der Waals surface area (Å²) >= 11 is 6.09. The average Bonchev–Trinajstić information content (AvgIpc) is 2.06. The lowest BCUT2D eigenvalue weighted by atomic mass is 10.3. The van der Waals surface area contributed by atoms with Crippen LogP contribution in [0.15, 0.2) is 29.2 Å². The maximum atomic E-state index is 10.6. The van der Waals surface area contributed by atoms with Gasteiger partial charge in [0.1, 0.15) is 5.75 Å². The summed E-state index contributed by atoms with van der Waals surface area (Å²) in [6.45, 7) is 1.32. The molecule has 1 rings (SSSR count). The fraction of sp³-hybridized carbons (Fsp3) is 0.111. The molecule has 5 heteroatoms. The molecule has 0 heterocycles. The van der Waals surface area contributed by atoms with Crippen molar-refractivity contribution >= 4 is 33.9 Å². The molecule has 0 atom stereocenters. The lowest BCUT2D eigenvalue weighted by Crippen LogP contribution is -2.00. The van der Waals surface area contributed by atoms with E-state index in [1.165, 1.54) is 6.92 Å². The molecule has 0 aromatic heterocycles. The Balaban J connectivity index is 2.68. The maximum absolute atomic E-state index is 10.6. The summed E-state index contributed by atoms with van der Waals surface area (Å²) in [5.74, 6) is 0.0719. The SMILES string of the molecule is CC(=O)Oc1ccc(SC(=O)Cl)cc1. The van der Waals surface area contributed by atoms with E-state index in [0.717, 1.165) is 11.8 Å². The Labute approximate surface area is 90.4 Å². The van der Waals surface area contributed by atoms with Gasteiger partial charge in [-0.2, -0.15) is 0 Å². The molecule has 0 saturated carbocycles. The van der Waals surface area contributed by atoms with Gasteiger partial charge in [0.25, 0.3) is 4.57 Å². The molecule has 1 aromatic rings. The monoisotopic (exact) mass is 230 g/mol. The number of halogens is 1. The lowest BCUT2D eigenvalue weighted by Gasteiger charge is -2.01. The van der Waals surface area contributed by atoms with Crippen LogP contribution in [-0.2, 0) is 4.79 Å². The van der Waals surface area contributed by atoms with E-state index in [-0.39, 0.29) is 5.97 Å². The first-order chi connectivity index (χ1) is 6.58. The molecule has 0 bridgehead atoms. The van der Waals surface area contributed by atoms with Crippen molar-refractivity contribution in [1.29, 1.82) is 0 Å². The molecule has 0 amide bonds. The zero-order valence-corrected chi connectivity index (χ0v) is 8.89. The minimum absolute atomic E-state index is 0.376. The summed E-state index contributed by atoms with van der Waals surface area (Å²) in [5, 5.41) is 0. The second-order valence-corrected chi connectivity index (χ2v) is 4.02. The summed E-state index contributed by atoms with van der Waals surface area (Å²) < 4.78 is 4.31. The third kappa shape index (κ3) is 3.81. The Morgan fingerprint density at radius 3 is 2.29 bits per heavy atom. The Morgan fingerprint density at radius 2 is 1.86 bits per heavy atom. The molecule has 0 aliphatic carbocycles. The highest BCUT2D eigenvalue weighted by Crippen LogP contribution is 2.23. The number of ether oxygens (including phenoxy) is 1. The molecule has 1 aromatic carbocycles. The number of hydrogen-bond donors (Lipinski definition) is 0. The number of carbonyl (C=O) groups is 2. The number of benzene rings is 1. The second kappa shape index (κ2) is 5.02. The molecule has 0 N–H and O–H groups in total. The maximum Gasteiger partial charge on any atom is 0.308 e. The molecule has 0 spiro atoms. The number of hydrogen-bond acceptors (Lipinski definition) is 4. The molecule has 14 heavy (non-hydrogen) atoms. The summed E-state index contributed by atoms with van der Waals surface area (Å²) in [6, 6.07) is 6.51. The number of thioether (sulfide) groups is 1. The van der Waals surface area contributed by atoms with Gasteiger partial charge in [-0.25, -0.2) is 0 Å². The second-order valence-electron chi connectivity index (χ2n) is 2.40. The van der Waals surface area contributed by atoms with E-state index in [1.54, 1.807) is 24.3 Å². The average molecular weight is 231 g/mol. The van der Waals surface area contributed by atoms with Gasteiger partial charge in [0.15, 0.2) is 0 Å². The van der Waals surface area contributed by atoms with Crippen LogP contribution in [0.1, 0.15) is 6.92 Å². The summed E-state index contributed by atoms with van der Waals surface area (Å²) in [4.78, 5) is 21.8. The van der Waals surface area contributed by atoms with Gasteiger partial charge in [-0.1, -0.05) is 0 Å². The fourth-order valence-electron chi connectivity index (χ4n) is 0.834. The topological polar surface area (TPSA) is 43.4 Å². The van der Waals surface area contributed by atoms with E-state index in [2.05, 4.69) is 0 Å². The third-order valence-corrected chi connectivity index (χ3v) is 2.18. The van der Waals surface area contributed by atoms with Crippen molar-refractivity contribution in [3.05, 3.63) is 24.3 Å². The van der Waals surface area contributed by atoms with Gasteiger partial charge in [-0.05, 0) is 47.6 Å². The van der Waals surface area contributed by atoms with Gasteiger partial charge >= 0.3 is 5.97 Å². The zero-order valence-electron chi connectivity index (χ0n) is 7.32. The van der Waals surface area contributed by atoms with Gasteiger partial charge in [0.05, 0.1) is 0 Å². The van der Waals surface area contributed by atoms with Crippen LogP contribution in [0, 0.1) is 0 Å². The van der Waals surface area contributed by atoms with Gasteiger partial charge in [-0.3, -0.25) is 9.59 Å². The molecule has 0 radical (unpaired) electrons. The molecule has 0 aliphatic rings. The summed E-state index contributed by atoms with van der Waals surface area (Å²) in [6.07, 6.45) is 0. The summed E-state index contributed by atoms with van der Waals surface area (Å²) in [5.41, 5.74) is 0. The van der Waals surface area contributed by atoms with E-state index < -0.39 is 4.57 Å². The van der Waals surface area contributed by atoms with Crippen molar-refractivity contribution < 1.29 is 14.3 Å².